The van der Waals surface area contributed by atoms with E-state index in [9.17, 15) is 0 Å². The molecule has 0 fully saturated rings. The van der Waals surface area contributed by atoms with Crippen molar-refractivity contribution < 1.29 is 0 Å². The van der Waals surface area contributed by atoms with Crippen LogP contribution in [0.15, 0.2) is 18.2 Å². The highest BCUT2D eigenvalue weighted by Gasteiger charge is 2.01. The average Bonchev–Trinajstić information content (AvgIpc) is 2.19. The van der Waals surface area contributed by atoms with Crippen molar-refractivity contribution in [2.75, 3.05) is 11.9 Å². The molecule has 0 spiro atoms. The summed E-state index contributed by atoms with van der Waals surface area (Å²) in [6.07, 6.45) is 2.23. The monoisotopic (exact) mass is 208 g/mol. The third kappa shape index (κ3) is 2.93. The predicted octanol–water partition coefficient (Wildman–Crippen LogP) is 3.42. The van der Waals surface area contributed by atoms with Gasteiger partial charge >= 0.3 is 0 Å². The number of rotatable bonds is 4. The van der Waals surface area contributed by atoms with Gasteiger partial charge in [-0.2, -0.15) is 5.26 Å². The van der Waals surface area contributed by atoms with E-state index in [1.807, 2.05) is 0 Å². The summed E-state index contributed by atoms with van der Waals surface area (Å²) in [7, 11) is 0. The van der Waals surface area contributed by atoms with Gasteiger partial charge < -0.3 is 5.32 Å². The Hall–Kier alpha value is -1.20. The molecule has 14 heavy (non-hydrogen) atoms. The largest absolute Gasteiger partial charge is 0.384 e. The molecule has 0 radical (unpaired) electrons. The van der Waals surface area contributed by atoms with Crippen LogP contribution in [0.25, 0.3) is 0 Å². The molecule has 74 valence electrons. The first-order valence-electron chi connectivity index (χ1n) is 4.71. The first kappa shape index (κ1) is 10.9. The Morgan fingerprint density at radius 3 is 2.93 bits per heavy atom. The molecule has 0 bridgehead atoms. The summed E-state index contributed by atoms with van der Waals surface area (Å²) in [5, 5.41) is 12.7. The highest BCUT2D eigenvalue weighted by atomic mass is 35.5. The number of anilines is 1. The molecular weight excluding hydrogens is 196 g/mol. The summed E-state index contributed by atoms with van der Waals surface area (Å²) in [6, 6.07) is 7.38. The molecule has 0 atom stereocenters. The fourth-order valence-electron chi connectivity index (χ4n) is 1.16. The Bertz CT molecular complexity index is 342. The van der Waals surface area contributed by atoms with E-state index < -0.39 is 0 Å². The zero-order chi connectivity index (χ0) is 10.4. The van der Waals surface area contributed by atoms with Gasteiger partial charge in [0, 0.05) is 11.6 Å². The Labute approximate surface area is 89.5 Å². The van der Waals surface area contributed by atoms with E-state index in [-0.39, 0.29) is 0 Å². The van der Waals surface area contributed by atoms with E-state index >= 15 is 0 Å². The molecule has 0 unspecified atom stereocenters. The maximum atomic E-state index is 8.83. The van der Waals surface area contributed by atoms with Crippen LogP contribution in [0.5, 0.6) is 0 Å². The third-order valence-electron chi connectivity index (χ3n) is 1.95. The fraction of sp³-hybridized carbons (Fsp3) is 0.364. The van der Waals surface area contributed by atoms with Crippen molar-refractivity contribution in [3.63, 3.8) is 0 Å². The molecule has 0 saturated heterocycles. The molecule has 0 aliphatic carbocycles. The summed E-state index contributed by atoms with van der Waals surface area (Å²) >= 11 is 5.84. The molecule has 3 heteroatoms. The number of nitrogens with zero attached hydrogens (tertiary/aromatic N) is 1. The first-order valence-corrected chi connectivity index (χ1v) is 5.09. The molecule has 0 amide bonds. The van der Waals surface area contributed by atoms with E-state index in [4.69, 9.17) is 16.9 Å². The number of nitrogens with one attached hydrogen (secondary N) is 1. The van der Waals surface area contributed by atoms with Crippen molar-refractivity contribution in [3.8, 4) is 6.07 Å². The highest BCUT2D eigenvalue weighted by molar-refractivity contribution is 6.30. The van der Waals surface area contributed by atoms with Gasteiger partial charge in [-0.1, -0.05) is 24.9 Å². The van der Waals surface area contributed by atoms with Crippen LogP contribution in [0, 0.1) is 11.3 Å². The molecule has 1 aromatic carbocycles. The smallest absolute Gasteiger partial charge is 0.101 e. The molecule has 1 N–H and O–H groups in total. The van der Waals surface area contributed by atoms with Crippen LogP contribution >= 0.6 is 11.6 Å². The molecule has 1 aromatic rings. The normalized spacial score (nSPS) is 9.50. The third-order valence-corrected chi connectivity index (χ3v) is 2.18. The Morgan fingerprint density at radius 1 is 1.50 bits per heavy atom. The van der Waals surface area contributed by atoms with Gasteiger partial charge in [0.2, 0.25) is 0 Å². The summed E-state index contributed by atoms with van der Waals surface area (Å²) in [4.78, 5) is 0. The van der Waals surface area contributed by atoms with Gasteiger partial charge in [0.05, 0.1) is 11.3 Å². The average molecular weight is 209 g/mol. The Balaban J connectivity index is 2.73. The number of hydrogen-bond acceptors (Lipinski definition) is 2. The van der Waals surface area contributed by atoms with Gasteiger partial charge in [0.15, 0.2) is 0 Å². The lowest BCUT2D eigenvalue weighted by Crippen LogP contribution is -2.02. The standard InChI is InChI=1S/C11H13ClN2/c1-2-3-6-14-11-7-10(12)5-4-9(11)8-13/h4-5,7,14H,2-3,6H2,1H3. The summed E-state index contributed by atoms with van der Waals surface area (Å²) in [5.41, 5.74) is 1.47. The first-order chi connectivity index (χ1) is 6.77. The number of hydrogen-bond donors (Lipinski definition) is 1. The maximum absolute atomic E-state index is 8.83. The lowest BCUT2D eigenvalue weighted by Gasteiger charge is -2.07. The fourth-order valence-corrected chi connectivity index (χ4v) is 1.33. The molecule has 0 aromatic heterocycles. The zero-order valence-corrected chi connectivity index (χ0v) is 8.93. The van der Waals surface area contributed by atoms with Crippen LogP contribution in [-0.4, -0.2) is 6.54 Å². The van der Waals surface area contributed by atoms with Crippen molar-refractivity contribution in [1.82, 2.24) is 0 Å². The molecular formula is C11H13ClN2. The van der Waals surface area contributed by atoms with Crippen LogP contribution in [0.3, 0.4) is 0 Å². The minimum atomic E-state index is 0.644. The van der Waals surface area contributed by atoms with Crippen LogP contribution in [0.2, 0.25) is 5.02 Å². The number of benzene rings is 1. The Morgan fingerprint density at radius 2 is 2.29 bits per heavy atom. The second-order valence-corrected chi connectivity index (χ2v) is 3.52. The van der Waals surface area contributed by atoms with E-state index in [0.29, 0.717) is 10.6 Å². The Kier molecular flexibility index (Phi) is 4.28. The van der Waals surface area contributed by atoms with Crippen molar-refractivity contribution in [3.05, 3.63) is 28.8 Å². The van der Waals surface area contributed by atoms with Crippen LogP contribution < -0.4 is 5.32 Å². The topological polar surface area (TPSA) is 35.8 Å². The number of unbranched alkanes of at least 4 members (excludes halogenated alkanes) is 1. The lowest BCUT2D eigenvalue weighted by atomic mass is 10.2. The molecule has 0 saturated carbocycles. The summed E-state index contributed by atoms with van der Waals surface area (Å²) in [5.74, 6) is 0. The SMILES string of the molecule is CCCCNc1cc(Cl)ccc1C#N. The van der Waals surface area contributed by atoms with Gasteiger partial charge in [-0.15, -0.1) is 0 Å². The van der Waals surface area contributed by atoms with Crippen molar-refractivity contribution >= 4 is 17.3 Å². The van der Waals surface area contributed by atoms with Crippen molar-refractivity contribution in [2.24, 2.45) is 0 Å². The maximum Gasteiger partial charge on any atom is 0.101 e. The van der Waals surface area contributed by atoms with Crippen LogP contribution in [0.1, 0.15) is 25.3 Å². The molecule has 0 heterocycles. The van der Waals surface area contributed by atoms with Gasteiger partial charge in [-0.25, -0.2) is 0 Å². The van der Waals surface area contributed by atoms with Crippen molar-refractivity contribution in [2.45, 2.75) is 19.8 Å². The van der Waals surface area contributed by atoms with Gasteiger partial charge in [0.1, 0.15) is 6.07 Å². The second-order valence-electron chi connectivity index (χ2n) is 3.08. The molecule has 1 rings (SSSR count). The second kappa shape index (κ2) is 5.51. The van der Waals surface area contributed by atoms with Crippen LogP contribution in [0.4, 0.5) is 5.69 Å². The predicted molar refractivity (Wildman–Crippen MR) is 59.6 cm³/mol. The minimum Gasteiger partial charge on any atom is -0.384 e. The van der Waals surface area contributed by atoms with E-state index in [1.165, 1.54) is 0 Å². The number of halogens is 1. The molecule has 0 aliphatic heterocycles. The van der Waals surface area contributed by atoms with Gasteiger partial charge in [0.25, 0.3) is 0 Å². The van der Waals surface area contributed by atoms with E-state index in [1.54, 1.807) is 18.2 Å². The minimum absolute atomic E-state index is 0.644. The number of nitriles is 1. The van der Waals surface area contributed by atoms with Crippen molar-refractivity contribution in [1.29, 1.82) is 5.26 Å². The summed E-state index contributed by atoms with van der Waals surface area (Å²) in [6.45, 7) is 3.01. The van der Waals surface area contributed by atoms with Crippen LogP contribution in [-0.2, 0) is 0 Å². The zero-order valence-electron chi connectivity index (χ0n) is 8.18. The van der Waals surface area contributed by atoms with Gasteiger partial charge in [-0.05, 0) is 24.6 Å². The van der Waals surface area contributed by atoms with E-state index in [0.717, 1.165) is 25.1 Å². The molecule has 0 aliphatic rings. The van der Waals surface area contributed by atoms with Gasteiger partial charge in [-0.3, -0.25) is 0 Å². The quantitative estimate of drug-likeness (QED) is 0.770. The van der Waals surface area contributed by atoms with E-state index in [2.05, 4.69) is 18.3 Å². The summed E-state index contributed by atoms with van der Waals surface area (Å²) < 4.78 is 0. The molecule has 2 nitrogen and oxygen atoms in total. The lowest BCUT2D eigenvalue weighted by molar-refractivity contribution is 0.834. The highest BCUT2D eigenvalue weighted by Crippen LogP contribution is 2.20.